The lowest BCUT2D eigenvalue weighted by atomic mass is 9.98. The number of anilines is 1. The summed E-state index contributed by atoms with van der Waals surface area (Å²) >= 11 is 9.06. The third kappa shape index (κ3) is 3.62. The second-order valence-corrected chi connectivity index (χ2v) is 5.78. The number of carbonyl (C=O) groups is 2. The van der Waals surface area contributed by atoms with Crippen LogP contribution >= 0.6 is 27.5 Å². The predicted molar refractivity (Wildman–Crippen MR) is 84.8 cm³/mol. The molecule has 0 atom stereocenters. The smallest absolute Gasteiger partial charge is 0.307 e. The van der Waals surface area contributed by atoms with E-state index in [-0.39, 0.29) is 23.5 Å². The molecule has 2 aromatic carbocycles. The molecule has 2 aromatic rings. The van der Waals surface area contributed by atoms with Gasteiger partial charge in [-0.1, -0.05) is 27.5 Å². The summed E-state index contributed by atoms with van der Waals surface area (Å²) in [5, 5.41) is 9.42. The molecule has 3 N–H and O–H groups in total. The van der Waals surface area contributed by atoms with Crippen molar-refractivity contribution in [3.8, 4) is 0 Å². The number of carbonyl (C=O) groups excluding carboxylic acids is 1. The first-order chi connectivity index (χ1) is 9.88. The van der Waals surface area contributed by atoms with Crippen molar-refractivity contribution in [3.63, 3.8) is 0 Å². The first kappa shape index (κ1) is 15.5. The molecule has 0 bridgehead atoms. The number of hydrogen-bond acceptors (Lipinski definition) is 3. The topological polar surface area (TPSA) is 80.4 Å². The molecule has 0 aromatic heterocycles. The van der Waals surface area contributed by atoms with Gasteiger partial charge in [-0.2, -0.15) is 0 Å². The van der Waals surface area contributed by atoms with E-state index in [2.05, 4.69) is 15.9 Å². The van der Waals surface area contributed by atoms with E-state index in [1.54, 1.807) is 36.4 Å². The molecule has 0 aliphatic rings. The summed E-state index contributed by atoms with van der Waals surface area (Å²) in [4.78, 5) is 23.3. The lowest BCUT2D eigenvalue weighted by molar-refractivity contribution is -0.136. The fourth-order valence-electron chi connectivity index (χ4n) is 1.93. The maximum absolute atomic E-state index is 12.5. The van der Waals surface area contributed by atoms with Crippen molar-refractivity contribution < 1.29 is 14.7 Å². The molecular formula is C15H11BrClNO3. The van der Waals surface area contributed by atoms with Crippen molar-refractivity contribution in [3.05, 3.63) is 62.6 Å². The van der Waals surface area contributed by atoms with E-state index in [0.717, 1.165) is 0 Å². The fourth-order valence-corrected chi connectivity index (χ4v) is 2.56. The molecule has 6 heteroatoms. The van der Waals surface area contributed by atoms with E-state index in [0.29, 0.717) is 20.6 Å². The van der Waals surface area contributed by atoms with Crippen LogP contribution in [-0.2, 0) is 11.2 Å². The van der Waals surface area contributed by atoms with Crippen LogP contribution < -0.4 is 5.73 Å². The van der Waals surface area contributed by atoms with Crippen LogP contribution in [0.25, 0.3) is 0 Å². The Morgan fingerprint density at radius 1 is 1.19 bits per heavy atom. The van der Waals surface area contributed by atoms with Crippen LogP contribution in [0.15, 0.2) is 40.9 Å². The number of aliphatic carboxylic acids is 1. The summed E-state index contributed by atoms with van der Waals surface area (Å²) in [6, 6.07) is 9.60. The van der Waals surface area contributed by atoms with Gasteiger partial charge < -0.3 is 10.8 Å². The van der Waals surface area contributed by atoms with Gasteiger partial charge in [0.05, 0.1) is 6.42 Å². The lowest BCUT2D eigenvalue weighted by Gasteiger charge is -2.10. The van der Waals surface area contributed by atoms with Crippen LogP contribution in [0.1, 0.15) is 21.5 Å². The third-order valence-electron chi connectivity index (χ3n) is 2.92. The molecular weight excluding hydrogens is 358 g/mol. The molecule has 21 heavy (non-hydrogen) atoms. The van der Waals surface area contributed by atoms with Crippen LogP contribution in [-0.4, -0.2) is 16.9 Å². The van der Waals surface area contributed by atoms with Gasteiger partial charge >= 0.3 is 5.97 Å². The monoisotopic (exact) mass is 367 g/mol. The SMILES string of the molecule is Nc1c(CC(=O)O)cc(Br)cc1C(=O)c1ccc(Cl)cc1. The number of nitrogen functional groups attached to an aromatic ring is 1. The van der Waals surface area contributed by atoms with Crippen molar-refractivity contribution in [1.82, 2.24) is 0 Å². The maximum Gasteiger partial charge on any atom is 0.307 e. The average molecular weight is 369 g/mol. The Bertz CT molecular complexity index is 714. The van der Waals surface area contributed by atoms with Gasteiger partial charge in [-0.25, -0.2) is 0 Å². The van der Waals surface area contributed by atoms with Gasteiger partial charge in [-0.05, 0) is 42.0 Å². The molecule has 2 rings (SSSR count). The average Bonchev–Trinajstić information content (AvgIpc) is 2.42. The largest absolute Gasteiger partial charge is 0.481 e. The third-order valence-corrected chi connectivity index (χ3v) is 3.63. The van der Waals surface area contributed by atoms with E-state index in [1.807, 2.05) is 0 Å². The van der Waals surface area contributed by atoms with Gasteiger partial charge in [0.1, 0.15) is 0 Å². The molecule has 0 unspecified atom stereocenters. The number of carboxylic acids is 1. The molecule has 0 fully saturated rings. The van der Waals surface area contributed by atoms with Crippen LogP contribution in [0.4, 0.5) is 5.69 Å². The molecule has 0 spiro atoms. The summed E-state index contributed by atoms with van der Waals surface area (Å²) in [5.41, 5.74) is 7.22. The fraction of sp³-hybridized carbons (Fsp3) is 0.0667. The summed E-state index contributed by atoms with van der Waals surface area (Å²) in [6.45, 7) is 0. The van der Waals surface area contributed by atoms with Gasteiger partial charge in [0.25, 0.3) is 0 Å². The lowest BCUT2D eigenvalue weighted by Crippen LogP contribution is -2.10. The minimum absolute atomic E-state index is 0.181. The Balaban J connectivity index is 2.47. The molecule has 0 heterocycles. The van der Waals surface area contributed by atoms with E-state index in [9.17, 15) is 9.59 Å². The Kier molecular flexibility index (Phi) is 4.65. The van der Waals surface area contributed by atoms with Gasteiger partial charge in [-0.15, -0.1) is 0 Å². The molecule has 0 saturated heterocycles. The highest BCUT2D eigenvalue weighted by Gasteiger charge is 2.17. The molecule has 0 amide bonds. The quantitative estimate of drug-likeness (QED) is 0.639. The predicted octanol–water partition coefficient (Wildman–Crippen LogP) is 3.54. The Hall–Kier alpha value is -1.85. The van der Waals surface area contributed by atoms with Crippen LogP contribution in [0.5, 0.6) is 0 Å². The number of nitrogens with two attached hydrogens (primary N) is 1. The highest BCUT2D eigenvalue weighted by molar-refractivity contribution is 9.10. The second kappa shape index (κ2) is 6.28. The summed E-state index contributed by atoms with van der Waals surface area (Å²) in [5.74, 6) is -1.29. The van der Waals surface area contributed by atoms with E-state index in [4.69, 9.17) is 22.4 Å². The highest BCUT2D eigenvalue weighted by Crippen LogP contribution is 2.27. The van der Waals surface area contributed by atoms with Crippen molar-refractivity contribution >= 4 is 45.0 Å². The maximum atomic E-state index is 12.5. The van der Waals surface area contributed by atoms with Gasteiger partial charge in [-0.3, -0.25) is 9.59 Å². The molecule has 0 radical (unpaired) electrons. The Labute approximate surface area is 134 Å². The standard InChI is InChI=1S/C15H11BrClNO3/c16-10-5-9(6-13(19)20)14(18)12(7-10)15(21)8-1-3-11(17)4-2-8/h1-5,7H,6,18H2,(H,19,20). The van der Waals surface area contributed by atoms with Crippen molar-refractivity contribution in [2.24, 2.45) is 0 Å². The van der Waals surface area contributed by atoms with E-state index in [1.165, 1.54) is 0 Å². The number of halogens is 2. The van der Waals surface area contributed by atoms with Crippen LogP contribution in [0.2, 0.25) is 5.02 Å². The first-order valence-electron chi connectivity index (χ1n) is 5.98. The molecule has 0 aliphatic carbocycles. The number of ketones is 1. The summed E-state index contributed by atoms with van der Waals surface area (Å²) in [7, 11) is 0. The van der Waals surface area contributed by atoms with Crippen LogP contribution in [0.3, 0.4) is 0 Å². The zero-order chi connectivity index (χ0) is 15.6. The van der Waals surface area contributed by atoms with Gasteiger partial charge in [0.2, 0.25) is 0 Å². The molecule has 0 aliphatic heterocycles. The molecule has 4 nitrogen and oxygen atoms in total. The second-order valence-electron chi connectivity index (χ2n) is 4.43. The Morgan fingerprint density at radius 2 is 1.81 bits per heavy atom. The number of carboxylic acid groups (broad SMARTS) is 1. The molecule has 108 valence electrons. The van der Waals surface area contributed by atoms with E-state index >= 15 is 0 Å². The summed E-state index contributed by atoms with van der Waals surface area (Å²) < 4.78 is 0.602. The Morgan fingerprint density at radius 3 is 2.38 bits per heavy atom. The number of hydrogen-bond donors (Lipinski definition) is 2. The van der Waals surface area contributed by atoms with E-state index < -0.39 is 5.97 Å². The van der Waals surface area contributed by atoms with Crippen molar-refractivity contribution in [1.29, 1.82) is 0 Å². The van der Waals surface area contributed by atoms with Crippen LogP contribution in [0, 0.1) is 0 Å². The minimum Gasteiger partial charge on any atom is -0.481 e. The number of benzene rings is 2. The zero-order valence-electron chi connectivity index (χ0n) is 10.8. The van der Waals surface area contributed by atoms with Crippen molar-refractivity contribution in [2.75, 3.05) is 5.73 Å². The molecule has 0 saturated carbocycles. The zero-order valence-corrected chi connectivity index (χ0v) is 13.1. The van der Waals surface area contributed by atoms with Gasteiger partial charge in [0, 0.05) is 26.3 Å². The first-order valence-corrected chi connectivity index (χ1v) is 7.15. The minimum atomic E-state index is -1.01. The van der Waals surface area contributed by atoms with Gasteiger partial charge in [0.15, 0.2) is 5.78 Å². The normalized spacial score (nSPS) is 10.4. The highest BCUT2D eigenvalue weighted by atomic mass is 79.9. The van der Waals surface area contributed by atoms with Crippen molar-refractivity contribution in [2.45, 2.75) is 6.42 Å². The summed E-state index contributed by atoms with van der Waals surface area (Å²) in [6.07, 6.45) is -0.244. The number of rotatable bonds is 4.